The molecule has 20 heavy (non-hydrogen) atoms. The van der Waals surface area contributed by atoms with E-state index < -0.39 is 0 Å². The summed E-state index contributed by atoms with van der Waals surface area (Å²) in [6.07, 6.45) is 1.65. The van der Waals surface area contributed by atoms with E-state index in [1.165, 1.54) is 0 Å². The molecule has 0 radical (unpaired) electrons. The summed E-state index contributed by atoms with van der Waals surface area (Å²) in [5.41, 5.74) is 1.48. The molecule has 0 saturated carbocycles. The number of halogens is 2. The third-order valence-electron chi connectivity index (χ3n) is 2.66. The van der Waals surface area contributed by atoms with Crippen molar-refractivity contribution in [3.05, 3.63) is 55.7 Å². The molecule has 2 rings (SSSR count). The lowest BCUT2D eigenvalue weighted by atomic mass is 10.2. The van der Waals surface area contributed by atoms with Crippen molar-refractivity contribution in [2.24, 2.45) is 0 Å². The fraction of sp³-hybridized carbons (Fsp3) is 0.143. The van der Waals surface area contributed by atoms with Gasteiger partial charge in [-0.15, -0.1) is 0 Å². The van der Waals surface area contributed by atoms with Crippen molar-refractivity contribution in [3.8, 4) is 5.88 Å². The van der Waals surface area contributed by atoms with Crippen LogP contribution >= 0.6 is 38.5 Å². The number of rotatable bonds is 4. The van der Waals surface area contributed by atoms with Crippen molar-refractivity contribution in [2.75, 3.05) is 7.11 Å². The maximum Gasteiger partial charge on any atom is 0.252 e. The summed E-state index contributed by atoms with van der Waals surface area (Å²) in [4.78, 5) is 16.3. The second-order valence-electron chi connectivity index (χ2n) is 3.98. The van der Waals surface area contributed by atoms with Gasteiger partial charge in [-0.1, -0.05) is 22.0 Å². The van der Waals surface area contributed by atoms with Gasteiger partial charge in [0.15, 0.2) is 0 Å². The van der Waals surface area contributed by atoms with Gasteiger partial charge in [-0.25, -0.2) is 4.98 Å². The van der Waals surface area contributed by atoms with Gasteiger partial charge in [0.05, 0.1) is 12.7 Å². The van der Waals surface area contributed by atoms with Crippen molar-refractivity contribution in [1.82, 2.24) is 10.3 Å². The lowest BCUT2D eigenvalue weighted by Crippen LogP contribution is -2.24. The smallest absolute Gasteiger partial charge is 0.252 e. The van der Waals surface area contributed by atoms with Gasteiger partial charge in [-0.05, 0) is 46.9 Å². The number of nitrogens with one attached hydrogen (secondary N) is 1. The van der Waals surface area contributed by atoms with Gasteiger partial charge in [0, 0.05) is 26.3 Å². The van der Waals surface area contributed by atoms with E-state index in [0.29, 0.717) is 18.0 Å². The second-order valence-corrected chi connectivity index (χ2v) is 6.06. The van der Waals surface area contributed by atoms with Crippen molar-refractivity contribution < 1.29 is 9.53 Å². The number of benzene rings is 1. The molecule has 6 heteroatoms. The summed E-state index contributed by atoms with van der Waals surface area (Å²) in [6, 6.07) is 9.29. The molecule has 1 aromatic carbocycles. The Hall–Kier alpha value is -1.15. The average Bonchev–Trinajstić information content (AvgIpc) is 2.47. The van der Waals surface area contributed by atoms with Gasteiger partial charge < -0.3 is 10.1 Å². The van der Waals surface area contributed by atoms with Crippen LogP contribution in [0.5, 0.6) is 5.88 Å². The average molecular weight is 447 g/mol. The standard InChI is InChI=1S/C14H12BrIN2O2/c1-20-14-9(3-2-6-17-14)8-18-13(19)11-7-10(15)4-5-12(11)16/h2-7H,8H2,1H3,(H,18,19). The molecule has 104 valence electrons. The molecule has 0 saturated heterocycles. The molecule has 1 aromatic heterocycles. The van der Waals surface area contributed by atoms with Crippen LogP contribution in [0.4, 0.5) is 0 Å². The topological polar surface area (TPSA) is 51.2 Å². The number of ether oxygens (including phenoxy) is 1. The van der Waals surface area contributed by atoms with Gasteiger partial charge in [0.1, 0.15) is 0 Å². The number of carbonyl (C=O) groups is 1. The Bertz CT molecular complexity index is 634. The van der Waals surface area contributed by atoms with E-state index in [1.807, 2.05) is 24.3 Å². The highest BCUT2D eigenvalue weighted by Crippen LogP contribution is 2.19. The van der Waals surface area contributed by atoms with Gasteiger partial charge >= 0.3 is 0 Å². The molecule has 0 fully saturated rings. The first-order valence-corrected chi connectivity index (χ1v) is 7.70. The molecular weight excluding hydrogens is 435 g/mol. The number of nitrogens with zero attached hydrogens (tertiary/aromatic N) is 1. The third kappa shape index (κ3) is 3.69. The van der Waals surface area contributed by atoms with Gasteiger partial charge in [0.2, 0.25) is 5.88 Å². The number of amides is 1. The Balaban J connectivity index is 2.11. The van der Waals surface area contributed by atoms with Crippen LogP contribution in [0, 0.1) is 3.57 Å². The molecule has 0 bridgehead atoms. The lowest BCUT2D eigenvalue weighted by Gasteiger charge is -2.09. The number of pyridine rings is 1. The molecular formula is C14H12BrIN2O2. The van der Waals surface area contributed by atoms with E-state index in [9.17, 15) is 4.79 Å². The minimum Gasteiger partial charge on any atom is -0.481 e. The fourth-order valence-corrected chi connectivity index (χ4v) is 2.63. The highest BCUT2D eigenvalue weighted by Gasteiger charge is 2.11. The first-order chi connectivity index (χ1) is 9.61. The molecule has 0 aliphatic heterocycles. The summed E-state index contributed by atoms with van der Waals surface area (Å²) >= 11 is 5.51. The molecule has 2 aromatic rings. The van der Waals surface area contributed by atoms with E-state index in [0.717, 1.165) is 13.6 Å². The van der Waals surface area contributed by atoms with Gasteiger partial charge in [-0.3, -0.25) is 4.79 Å². The van der Waals surface area contributed by atoms with Crippen LogP contribution in [0.2, 0.25) is 0 Å². The quantitative estimate of drug-likeness (QED) is 0.732. The monoisotopic (exact) mass is 446 g/mol. The zero-order valence-electron chi connectivity index (χ0n) is 10.7. The fourth-order valence-electron chi connectivity index (χ4n) is 1.68. The van der Waals surface area contributed by atoms with Crippen LogP contribution in [0.1, 0.15) is 15.9 Å². The first kappa shape index (κ1) is 15.2. The SMILES string of the molecule is COc1ncccc1CNC(=O)c1cc(Br)ccc1I. The van der Waals surface area contributed by atoms with E-state index >= 15 is 0 Å². The molecule has 4 nitrogen and oxygen atoms in total. The zero-order chi connectivity index (χ0) is 14.5. The summed E-state index contributed by atoms with van der Waals surface area (Å²) < 4.78 is 6.94. The molecule has 1 heterocycles. The number of hydrogen-bond donors (Lipinski definition) is 1. The van der Waals surface area contributed by atoms with Crippen LogP contribution in [0.25, 0.3) is 0 Å². The largest absolute Gasteiger partial charge is 0.481 e. The molecule has 0 aliphatic rings. The molecule has 1 amide bonds. The maximum atomic E-state index is 12.2. The Morgan fingerprint density at radius 2 is 2.25 bits per heavy atom. The summed E-state index contributed by atoms with van der Waals surface area (Å²) in [6.45, 7) is 0.373. The van der Waals surface area contributed by atoms with E-state index in [-0.39, 0.29) is 5.91 Å². The lowest BCUT2D eigenvalue weighted by molar-refractivity contribution is 0.0949. The number of aromatic nitrogens is 1. The van der Waals surface area contributed by atoms with Crippen molar-refractivity contribution in [2.45, 2.75) is 6.54 Å². The summed E-state index contributed by atoms with van der Waals surface area (Å²) in [5.74, 6) is 0.401. The molecule has 0 spiro atoms. The summed E-state index contributed by atoms with van der Waals surface area (Å²) in [7, 11) is 1.56. The highest BCUT2D eigenvalue weighted by molar-refractivity contribution is 14.1. The van der Waals surface area contributed by atoms with Crippen LogP contribution in [0.15, 0.2) is 41.0 Å². The first-order valence-electron chi connectivity index (χ1n) is 5.83. The van der Waals surface area contributed by atoms with Crippen molar-refractivity contribution >= 4 is 44.4 Å². The third-order valence-corrected chi connectivity index (χ3v) is 4.09. The molecule has 0 unspecified atom stereocenters. The Kier molecular flexibility index (Phi) is 5.36. The van der Waals surface area contributed by atoms with Crippen molar-refractivity contribution in [1.29, 1.82) is 0 Å². The minimum atomic E-state index is -0.124. The second kappa shape index (κ2) is 7.03. The normalized spacial score (nSPS) is 10.2. The van der Waals surface area contributed by atoms with E-state index in [1.54, 1.807) is 19.4 Å². The predicted molar refractivity (Wildman–Crippen MR) is 88.8 cm³/mol. The predicted octanol–water partition coefficient (Wildman–Crippen LogP) is 3.39. The number of hydrogen-bond acceptors (Lipinski definition) is 3. The van der Waals surface area contributed by atoms with Crippen LogP contribution in [0.3, 0.4) is 0 Å². The molecule has 0 aliphatic carbocycles. The zero-order valence-corrected chi connectivity index (χ0v) is 14.4. The Labute approximate surface area is 139 Å². The van der Waals surface area contributed by atoms with Crippen LogP contribution < -0.4 is 10.1 Å². The Morgan fingerprint density at radius 3 is 3.00 bits per heavy atom. The number of carbonyl (C=O) groups excluding carboxylic acids is 1. The van der Waals surface area contributed by atoms with Crippen LogP contribution in [-0.4, -0.2) is 18.0 Å². The van der Waals surface area contributed by atoms with Crippen molar-refractivity contribution in [3.63, 3.8) is 0 Å². The van der Waals surface area contributed by atoms with E-state index in [2.05, 4.69) is 48.8 Å². The summed E-state index contributed by atoms with van der Waals surface area (Å²) in [5, 5.41) is 2.87. The Morgan fingerprint density at radius 1 is 1.45 bits per heavy atom. The van der Waals surface area contributed by atoms with Gasteiger partial charge in [-0.2, -0.15) is 0 Å². The maximum absolute atomic E-state index is 12.2. The molecule has 0 atom stereocenters. The van der Waals surface area contributed by atoms with Gasteiger partial charge in [0.25, 0.3) is 5.91 Å². The van der Waals surface area contributed by atoms with E-state index in [4.69, 9.17) is 4.74 Å². The highest BCUT2D eigenvalue weighted by atomic mass is 127. The minimum absolute atomic E-state index is 0.124. The number of methoxy groups -OCH3 is 1. The molecule has 1 N–H and O–H groups in total. The van der Waals surface area contributed by atoms with Crippen LogP contribution in [-0.2, 0) is 6.54 Å².